The van der Waals surface area contributed by atoms with Gasteiger partial charge in [0.05, 0.1) is 17.0 Å². The molecule has 1 saturated heterocycles. The van der Waals surface area contributed by atoms with Crippen molar-refractivity contribution in [1.29, 1.82) is 0 Å². The third kappa shape index (κ3) is 3.51. The van der Waals surface area contributed by atoms with Crippen LogP contribution in [0.5, 0.6) is 0 Å². The van der Waals surface area contributed by atoms with Crippen LogP contribution < -0.4 is 0 Å². The summed E-state index contributed by atoms with van der Waals surface area (Å²) in [6.45, 7) is 3.02. The van der Waals surface area contributed by atoms with E-state index < -0.39 is 5.82 Å². The Labute approximate surface area is 153 Å². The van der Waals surface area contributed by atoms with Crippen molar-refractivity contribution >= 4 is 17.2 Å². The van der Waals surface area contributed by atoms with Gasteiger partial charge in [0.25, 0.3) is 11.8 Å². The Hall–Kier alpha value is -2.58. The van der Waals surface area contributed by atoms with Crippen molar-refractivity contribution in [3.05, 3.63) is 59.0 Å². The number of piperazine rings is 1. The van der Waals surface area contributed by atoms with Crippen LogP contribution in [0.25, 0.3) is 10.8 Å². The highest BCUT2D eigenvalue weighted by Crippen LogP contribution is 2.23. The first kappa shape index (κ1) is 16.9. The fourth-order valence-electron chi connectivity index (χ4n) is 2.93. The fourth-order valence-corrected chi connectivity index (χ4v) is 3.58. The van der Waals surface area contributed by atoms with Crippen LogP contribution in [0.3, 0.4) is 0 Å². The Morgan fingerprint density at radius 2 is 1.96 bits per heavy atom. The summed E-state index contributed by atoms with van der Waals surface area (Å²) in [5.41, 5.74) is 0.125. The number of amides is 1. The first-order valence-corrected chi connectivity index (χ1v) is 9.21. The Balaban J connectivity index is 1.34. The lowest BCUT2D eigenvalue weighted by Gasteiger charge is -2.34. The Morgan fingerprint density at radius 1 is 1.15 bits per heavy atom. The summed E-state index contributed by atoms with van der Waals surface area (Å²) in [6, 6.07) is 9.97. The third-order valence-corrected chi connectivity index (χ3v) is 5.19. The van der Waals surface area contributed by atoms with Crippen molar-refractivity contribution in [1.82, 2.24) is 19.9 Å². The molecule has 26 heavy (non-hydrogen) atoms. The lowest BCUT2D eigenvalue weighted by molar-refractivity contribution is 0.0620. The topological polar surface area (TPSA) is 62.5 Å². The number of carbonyl (C=O) groups excluding carboxylic acids is 1. The molecule has 1 aliphatic heterocycles. The second kappa shape index (κ2) is 7.35. The summed E-state index contributed by atoms with van der Waals surface area (Å²) in [5.74, 6) is 0.417. The molecule has 8 heteroatoms. The molecule has 0 aliphatic carbocycles. The lowest BCUT2D eigenvalue weighted by atomic mass is 10.1. The molecule has 2 aromatic heterocycles. The summed E-state index contributed by atoms with van der Waals surface area (Å²) in [5, 5.41) is 5.99. The van der Waals surface area contributed by atoms with E-state index in [0.717, 1.165) is 4.88 Å². The summed E-state index contributed by atoms with van der Waals surface area (Å²) in [7, 11) is 0. The van der Waals surface area contributed by atoms with Gasteiger partial charge in [-0.3, -0.25) is 9.69 Å². The quantitative estimate of drug-likeness (QED) is 0.705. The normalized spacial score (nSPS) is 15.3. The van der Waals surface area contributed by atoms with E-state index in [1.54, 1.807) is 28.4 Å². The molecule has 0 bridgehead atoms. The molecule has 6 nitrogen and oxygen atoms in total. The van der Waals surface area contributed by atoms with Crippen molar-refractivity contribution in [2.45, 2.75) is 6.54 Å². The molecule has 4 rings (SSSR count). The number of aromatic nitrogens is 2. The van der Waals surface area contributed by atoms with E-state index in [4.69, 9.17) is 4.52 Å². The van der Waals surface area contributed by atoms with Crippen LogP contribution in [0.4, 0.5) is 4.39 Å². The first-order chi connectivity index (χ1) is 12.7. The largest absolute Gasteiger partial charge is 0.336 e. The maximum atomic E-state index is 13.8. The highest BCUT2D eigenvalue weighted by molar-refractivity contribution is 7.13. The standard InChI is InChI=1S/C18H17FN4O2S/c19-14-5-2-1-4-13(14)18(24)23-9-7-22(8-10-23)12-16-20-17(25-21-16)15-6-3-11-26-15/h1-6,11H,7-10,12H2. The Bertz CT molecular complexity index is 888. The SMILES string of the molecule is O=C(c1ccccc1F)N1CCN(Cc2noc(-c3cccs3)n2)CC1. The van der Waals surface area contributed by atoms with Gasteiger partial charge in [0.15, 0.2) is 5.82 Å². The van der Waals surface area contributed by atoms with Crippen LogP contribution >= 0.6 is 11.3 Å². The van der Waals surface area contributed by atoms with Crippen LogP contribution in [0.15, 0.2) is 46.3 Å². The molecule has 1 fully saturated rings. The molecule has 1 aliphatic rings. The van der Waals surface area contributed by atoms with Crippen molar-refractivity contribution in [2.24, 2.45) is 0 Å². The van der Waals surface area contributed by atoms with Crippen LogP contribution in [0, 0.1) is 5.82 Å². The number of rotatable bonds is 4. The zero-order chi connectivity index (χ0) is 17.9. The zero-order valence-corrected chi connectivity index (χ0v) is 14.8. The molecule has 0 unspecified atom stereocenters. The number of halogens is 1. The maximum absolute atomic E-state index is 13.8. The molecule has 1 aromatic carbocycles. The zero-order valence-electron chi connectivity index (χ0n) is 14.0. The average molecular weight is 372 g/mol. The first-order valence-electron chi connectivity index (χ1n) is 8.33. The van der Waals surface area contributed by atoms with E-state index in [2.05, 4.69) is 15.0 Å². The molecule has 1 amide bonds. The Kier molecular flexibility index (Phi) is 4.77. The van der Waals surface area contributed by atoms with Gasteiger partial charge < -0.3 is 9.42 Å². The van der Waals surface area contributed by atoms with Gasteiger partial charge in [-0.15, -0.1) is 11.3 Å². The molecule has 0 atom stereocenters. The predicted molar refractivity (Wildman–Crippen MR) is 95.2 cm³/mol. The van der Waals surface area contributed by atoms with Gasteiger partial charge in [0.2, 0.25) is 0 Å². The van der Waals surface area contributed by atoms with Gasteiger partial charge in [-0.2, -0.15) is 4.98 Å². The molecule has 0 radical (unpaired) electrons. The van der Waals surface area contributed by atoms with Crippen LogP contribution in [0.2, 0.25) is 0 Å². The third-order valence-electron chi connectivity index (χ3n) is 4.33. The van der Waals surface area contributed by atoms with Crippen molar-refractivity contribution in [2.75, 3.05) is 26.2 Å². The van der Waals surface area contributed by atoms with E-state index >= 15 is 0 Å². The molecule has 3 heterocycles. The summed E-state index contributed by atoms with van der Waals surface area (Å²) in [4.78, 5) is 21.7. The smallest absolute Gasteiger partial charge is 0.268 e. The molecule has 0 spiro atoms. The lowest BCUT2D eigenvalue weighted by Crippen LogP contribution is -2.48. The summed E-state index contributed by atoms with van der Waals surface area (Å²) >= 11 is 1.55. The number of benzene rings is 1. The molecular formula is C18H17FN4O2S. The number of hydrogen-bond acceptors (Lipinski definition) is 6. The monoisotopic (exact) mass is 372 g/mol. The van der Waals surface area contributed by atoms with Crippen LogP contribution in [0.1, 0.15) is 16.2 Å². The van der Waals surface area contributed by atoms with Crippen LogP contribution in [-0.4, -0.2) is 52.0 Å². The molecule has 0 N–H and O–H groups in total. The highest BCUT2D eigenvalue weighted by atomic mass is 32.1. The number of carbonyl (C=O) groups is 1. The minimum Gasteiger partial charge on any atom is -0.336 e. The van der Waals surface area contributed by atoms with Crippen molar-refractivity contribution in [3.63, 3.8) is 0 Å². The highest BCUT2D eigenvalue weighted by Gasteiger charge is 2.24. The van der Waals surface area contributed by atoms with E-state index in [-0.39, 0.29) is 11.5 Å². The predicted octanol–water partition coefficient (Wildman–Crippen LogP) is 2.90. The van der Waals surface area contributed by atoms with E-state index in [0.29, 0.717) is 44.4 Å². The molecule has 0 saturated carbocycles. The number of thiophene rings is 1. The van der Waals surface area contributed by atoms with Gasteiger partial charge in [0, 0.05) is 26.2 Å². The summed E-state index contributed by atoms with van der Waals surface area (Å²) in [6.07, 6.45) is 0. The number of nitrogens with zero attached hydrogens (tertiary/aromatic N) is 4. The van der Waals surface area contributed by atoms with E-state index in [1.807, 2.05) is 17.5 Å². The van der Waals surface area contributed by atoms with Gasteiger partial charge >= 0.3 is 0 Å². The van der Waals surface area contributed by atoms with Crippen molar-refractivity contribution in [3.8, 4) is 10.8 Å². The van der Waals surface area contributed by atoms with Gasteiger partial charge in [-0.25, -0.2) is 4.39 Å². The van der Waals surface area contributed by atoms with Gasteiger partial charge in [-0.1, -0.05) is 23.4 Å². The molecule has 134 valence electrons. The van der Waals surface area contributed by atoms with Gasteiger partial charge in [-0.05, 0) is 23.6 Å². The minimum atomic E-state index is -0.479. The molecular weight excluding hydrogens is 355 g/mol. The van der Waals surface area contributed by atoms with E-state index in [9.17, 15) is 9.18 Å². The van der Waals surface area contributed by atoms with E-state index in [1.165, 1.54) is 12.1 Å². The minimum absolute atomic E-state index is 0.125. The fraction of sp³-hybridized carbons (Fsp3) is 0.278. The Morgan fingerprint density at radius 3 is 2.69 bits per heavy atom. The van der Waals surface area contributed by atoms with Crippen molar-refractivity contribution < 1.29 is 13.7 Å². The number of hydrogen-bond donors (Lipinski definition) is 0. The second-order valence-corrected chi connectivity index (χ2v) is 6.99. The van der Waals surface area contributed by atoms with Crippen LogP contribution in [-0.2, 0) is 6.54 Å². The maximum Gasteiger partial charge on any atom is 0.268 e. The van der Waals surface area contributed by atoms with Gasteiger partial charge in [0.1, 0.15) is 5.82 Å². The molecule has 3 aromatic rings. The second-order valence-electron chi connectivity index (χ2n) is 6.04. The average Bonchev–Trinajstić information content (AvgIpc) is 3.34. The summed E-state index contributed by atoms with van der Waals surface area (Å²) < 4.78 is 19.1.